The molecule has 0 aliphatic heterocycles. The van der Waals surface area contributed by atoms with E-state index in [1.165, 1.54) is 6.92 Å². The first kappa shape index (κ1) is 19.8. The lowest BCUT2D eigenvalue weighted by Gasteiger charge is -2.08. The van der Waals surface area contributed by atoms with E-state index < -0.39 is 30.0 Å². The molecule has 0 spiro atoms. The summed E-state index contributed by atoms with van der Waals surface area (Å²) in [6, 6.07) is 2.35. The van der Waals surface area contributed by atoms with Crippen LogP contribution in [0.5, 0.6) is 0 Å². The number of pyridine rings is 1. The van der Waals surface area contributed by atoms with Crippen LogP contribution in [0.2, 0.25) is 0 Å². The standard InChI is InChI=1S/C17H18F4N6O/c1-4-26-8(2)5-12(25-26)23-13(28)7-27-17-14(9(3)24-27)10(15(18)19)6-11(22-17)16(20)21/h5-6,15-16H,4,7H2,1-3H3,(H,23,25,28). The van der Waals surface area contributed by atoms with Gasteiger partial charge in [0, 0.05) is 23.9 Å². The summed E-state index contributed by atoms with van der Waals surface area (Å²) in [6.45, 7) is 5.43. The van der Waals surface area contributed by atoms with Crippen LogP contribution in [0.1, 0.15) is 42.4 Å². The molecule has 7 nitrogen and oxygen atoms in total. The number of amides is 1. The van der Waals surface area contributed by atoms with Crippen molar-refractivity contribution in [1.82, 2.24) is 24.5 Å². The monoisotopic (exact) mass is 398 g/mol. The first-order valence-corrected chi connectivity index (χ1v) is 8.49. The van der Waals surface area contributed by atoms with E-state index in [-0.39, 0.29) is 23.3 Å². The van der Waals surface area contributed by atoms with E-state index >= 15 is 0 Å². The zero-order valence-electron chi connectivity index (χ0n) is 15.4. The number of halogens is 4. The molecule has 0 saturated carbocycles. The van der Waals surface area contributed by atoms with Crippen molar-refractivity contribution in [3.8, 4) is 0 Å². The SMILES string of the molecule is CCn1nc(NC(=O)Cn2nc(C)c3c(C(F)F)cc(C(F)F)nc32)cc1C. The highest BCUT2D eigenvalue weighted by Crippen LogP contribution is 2.32. The third-order valence-electron chi connectivity index (χ3n) is 4.23. The molecule has 3 heterocycles. The molecule has 3 aromatic rings. The molecular formula is C17H18F4N6O. The topological polar surface area (TPSA) is 77.6 Å². The van der Waals surface area contributed by atoms with Crippen molar-refractivity contribution in [3.05, 3.63) is 34.8 Å². The Hall–Kier alpha value is -2.98. The lowest BCUT2D eigenvalue weighted by atomic mass is 10.1. The summed E-state index contributed by atoms with van der Waals surface area (Å²) in [5, 5.41) is 10.8. The van der Waals surface area contributed by atoms with Gasteiger partial charge in [-0.2, -0.15) is 10.2 Å². The van der Waals surface area contributed by atoms with Gasteiger partial charge in [-0.1, -0.05) is 0 Å². The number of hydrogen-bond acceptors (Lipinski definition) is 4. The summed E-state index contributed by atoms with van der Waals surface area (Å²) >= 11 is 0. The van der Waals surface area contributed by atoms with Crippen LogP contribution in [-0.4, -0.2) is 30.5 Å². The fourth-order valence-corrected chi connectivity index (χ4v) is 3.01. The molecule has 28 heavy (non-hydrogen) atoms. The average molecular weight is 398 g/mol. The Morgan fingerprint density at radius 1 is 1.11 bits per heavy atom. The Bertz CT molecular complexity index is 1030. The Labute approximate surface area is 157 Å². The quantitative estimate of drug-likeness (QED) is 0.641. The number of fused-ring (bicyclic) bond motifs is 1. The molecule has 0 aromatic carbocycles. The second-order valence-electron chi connectivity index (χ2n) is 6.21. The zero-order valence-corrected chi connectivity index (χ0v) is 15.4. The number of carbonyl (C=O) groups excluding carboxylic acids is 1. The number of hydrogen-bond donors (Lipinski definition) is 1. The van der Waals surface area contributed by atoms with Gasteiger partial charge in [0.15, 0.2) is 11.5 Å². The average Bonchev–Trinajstić information content (AvgIpc) is 3.13. The van der Waals surface area contributed by atoms with Crippen LogP contribution in [0.25, 0.3) is 11.0 Å². The molecule has 0 unspecified atom stereocenters. The second kappa shape index (κ2) is 7.56. The molecule has 0 saturated heterocycles. The van der Waals surface area contributed by atoms with Crippen molar-refractivity contribution in [1.29, 1.82) is 0 Å². The molecule has 0 aliphatic carbocycles. The molecule has 0 radical (unpaired) electrons. The van der Waals surface area contributed by atoms with Gasteiger partial charge in [-0.15, -0.1) is 0 Å². The fourth-order valence-electron chi connectivity index (χ4n) is 3.01. The minimum Gasteiger partial charge on any atom is -0.308 e. The van der Waals surface area contributed by atoms with Crippen molar-refractivity contribution in [2.75, 3.05) is 5.32 Å². The van der Waals surface area contributed by atoms with Crippen molar-refractivity contribution in [2.24, 2.45) is 0 Å². The van der Waals surface area contributed by atoms with Crippen LogP contribution in [-0.2, 0) is 17.9 Å². The number of alkyl halides is 4. The lowest BCUT2D eigenvalue weighted by molar-refractivity contribution is -0.116. The summed E-state index contributed by atoms with van der Waals surface area (Å²) in [5.41, 5.74) is -0.528. The normalized spacial score (nSPS) is 11.8. The molecule has 1 amide bonds. The zero-order chi connectivity index (χ0) is 20.6. The molecule has 0 bridgehead atoms. The summed E-state index contributed by atoms with van der Waals surface area (Å²) in [5.74, 6) is -0.208. The molecule has 3 aromatic heterocycles. The third kappa shape index (κ3) is 3.69. The minimum atomic E-state index is -3.03. The van der Waals surface area contributed by atoms with Crippen LogP contribution in [0, 0.1) is 13.8 Å². The van der Waals surface area contributed by atoms with Gasteiger partial charge in [-0.3, -0.25) is 9.48 Å². The molecule has 0 aliphatic rings. The highest BCUT2D eigenvalue weighted by Gasteiger charge is 2.24. The summed E-state index contributed by atoms with van der Waals surface area (Å²) < 4.78 is 55.6. The first-order chi connectivity index (χ1) is 13.2. The van der Waals surface area contributed by atoms with E-state index in [1.54, 1.807) is 10.7 Å². The maximum atomic E-state index is 13.4. The first-order valence-electron chi connectivity index (χ1n) is 8.49. The van der Waals surface area contributed by atoms with Crippen molar-refractivity contribution < 1.29 is 22.4 Å². The van der Waals surface area contributed by atoms with Gasteiger partial charge in [-0.05, 0) is 26.8 Å². The molecule has 3 rings (SSSR count). The summed E-state index contributed by atoms with van der Waals surface area (Å²) in [4.78, 5) is 16.1. The van der Waals surface area contributed by atoms with Crippen LogP contribution >= 0.6 is 0 Å². The van der Waals surface area contributed by atoms with Gasteiger partial charge < -0.3 is 5.32 Å². The smallest absolute Gasteiger partial charge is 0.280 e. The fraction of sp³-hybridized carbons (Fsp3) is 0.412. The summed E-state index contributed by atoms with van der Waals surface area (Å²) in [7, 11) is 0. The molecular weight excluding hydrogens is 380 g/mol. The number of aryl methyl sites for hydroxylation is 3. The van der Waals surface area contributed by atoms with E-state index in [0.717, 1.165) is 10.4 Å². The molecule has 0 atom stereocenters. The Balaban J connectivity index is 1.95. The second-order valence-corrected chi connectivity index (χ2v) is 6.21. The molecule has 11 heteroatoms. The van der Waals surface area contributed by atoms with Gasteiger partial charge in [-0.25, -0.2) is 27.2 Å². The predicted octanol–water partition coefficient (Wildman–Crippen LogP) is 3.78. The molecule has 0 fully saturated rings. The van der Waals surface area contributed by atoms with Crippen LogP contribution in [0.3, 0.4) is 0 Å². The Kier molecular flexibility index (Phi) is 5.34. The van der Waals surface area contributed by atoms with E-state index in [0.29, 0.717) is 18.4 Å². The van der Waals surface area contributed by atoms with Crippen LogP contribution in [0.15, 0.2) is 12.1 Å². The van der Waals surface area contributed by atoms with Gasteiger partial charge >= 0.3 is 0 Å². The van der Waals surface area contributed by atoms with Gasteiger partial charge in [0.05, 0.1) is 11.1 Å². The molecule has 1 N–H and O–H groups in total. The van der Waals surface area contributed by atoms with Crippen molar-refractivity contribution >= 4 is 22.8 Å². The van der Waals surface area contributed by atoms with E-state index in [9.17, 15) is 22.4 Å². The van der Waals surface area contributed by atoms with E-state index in [2.05, 4.69) is 20.5 Å². The van der Waals surface area contributed by atoms with Gasteiger partial charge in [0.2, 0.25) is 5.91 Å². The Morgan fingerprint density at radius 3 is 2.39 bits per heavy atom. The Morgan fingerprint density at radius 2 is 1.82 bits per heavy atom. The molecule has 150 valence electrons. The number of rotatable bonds is 6. The largest absolute Gasteiger partial charge is 0.308 e. The summed E-state index contributed by atoms with van der Waals surface area (Å²) in [6.07, 6.45) is -6.01. The predicted molar refractivity (Wildman–Crippen MR) is 93.4 cm³/mol. The van der Waals surface area contributed by atoms with Crippen molar-refractivity contribution in [2.45, 2.75) is 46.7 Å². The van der Waals surface area contributed by atoms with Crippen LogP contribution in [0.4, 0.5) is 23.4 Å². The van der Waals surface area contributed by atoms with E-state index in [4.69, 9.17) is 0 Å². The van der Waals surface area contributed by atoms with E-state index in [1.807, 2.05) is 13.8 Å². The van der Waals surface area contributed by atoms with Crippen LogP contribution < -0.4 is 5.32 Å². The third-order valence-corrected chi connectivity index (χ3v) is 4.23. The highest BCUT2D eigenvalue weighted by molar-refractivity contribution is 5.91. The maximum Gasteiger partial charge on any atom is 0.280 e. The number of carbonyl (C=O) groups is 1. The number of anilines is 1. The number of aromatic nitrogens is 5. The van der Waals surface area contributed by atoms with Crippen molar-refractivity contribution in [3.63, 3.8) is 0 Å². The number of nitrogens with zero attached hydrogens (tertiary/aromatic N) is 5. The van der Waals surface area contributed by atoms with Gasteiger partial charge in [0.1, 0.15) is 12.2 Å². The minimum absolute atomic E-state index is 0.0293. The number of nitrogens with one attached hydrogen (secondary N) is 1. The maximum absolute atomic E-state index is 13.4. The lowest BCUT2D eigenvalue weighted by Crippen LogP contribution is -2.20. The highest BCUT2D eigenvalue weighted by atomic mass is 19.3. The van der Waals surface area contributed by atoms with Gasteiger partial charge in [0.25, 0.3) is 12.9 Å².